The first-order chi connectivity index (χ1) is 14.3. The predicted octanol–water partition coefficient (Wildman–Crippen LogP) is 6.16. The number of hydrogen-bond acceptors (Lipinski definition) is 4. The topological polar surface area (TPSA) is 62.8 Å². The van der Waals surface area contributed by atoms with Gasteiger partial charge in [0.25, 0.3) is 0 Å². The minimum atomic E-state index is 0.692. The molecule has 0 unspecified atom stereocenters. The third-order valence-electron chi connectivity index (χ3n) is 4.52. The first kappa shape index (κ1) is 17.0. The number of aromatic amines is 1. The molecule has 0 aliphatic heterocycles. The van der Waals surface area contributed by atoms with Crippen molar-refractivity contribution in [3.8, 4) is 22.9 Å². The van der Waals surface area contributed by atoms with Crippen molar-refractivity contribution >= 4 is 22.5 Å². The summed E-state index contributed by atoms with van der Waals surface area (Å²) in [7, 11) is 0. The number of nitrogens with one attached hydrogen (secondary N) is 2. The number of nitrogens with zero attached hydrogens (tertiary/aromatic N) is 2. The first-order valence-electron chi connectivity index (χ1n) is 9.35. The number of imidazole rings is 1. The van der Waals surface area contributed by atoms with E-state index in [-0.39, 0.29) is 0 Å². The second kappa shape index (κ2) is 7.48. The van der Waals surface area contributed by atoms with Crippen molar-refractivity contribution < 1.29 is 4.74 Å². The fourth-order valence-electron chi connectivity index (χ4n) is 3.16. The number of anilines is 2. The van der Waals surface area contributed by atoms with E-state index in [1.807, 2.05) is 91.0 Å². The Morgan fingerprint density at radius 1 is 0.759 bits per heavy atom. The minimum absolute atomic E-state index is 0.692. The Morgan fingerprint density at radius 2 is 1.52 bits per heavy atom. The van der Waals surface area contributed by atoms with Crippen molar-refractivity contribution in [3.05, 3.63) is 97.2 Å². The molecule has 0 bridgehead atoms. The van der Waals surface area contributed by atoms with Gasteiger partial charge in [0.05, 0.1) is 5.52 Å². The average molecular weight is 378 g/mol. The molecule has 0 saturated heterocycles. The number of hydrogen-bond donors (Lipinski definition) is 2. The molecule has 5 rings (SSSR count). The maximum atomic E-state index is 5.92. The highest BCUT2D eigenvalue weighted by atomic mass is 16.5. The minimum Gasteiger partial charge on any atom is -0.457 e. The zero-order valence-corrected chi connectivity index (χ0v) is 15.5. The summed E-state index contributed by atoms with van der Waals surface area (Å²) in [5.41, 5.74) is 3.63. The molecule has 0 atom stereocenters. The maximum Gasteiger partial charge on any atom is 0.158 e. The molecule has 2 heterocycles. The maximum absolute atomic E-state index is 5.92. The van der Waals surface area contributed by atoms with Crippen molar-refractivity contribution in [3.63, 3.8) is 0 Å². The normalized spacial score (nSPS) is 10.8. The van der Waals surface area contributed by atoms with Gasteiger partial charge in [0, 0.05) is 23.5 Å². The van der Waals surface area contributed by atoms with Crippen LogP contribution in [-0.2, 0) is 0 Å². The highest BCUT2D eigenvalue weighted by Crippen LogP contribution is 2.29. The third kappa shape index (κ3) is 3.66. The number of pyridine rings is 1. The van der Waals surface area contributed by atoms with Crippen LogP contribution in [0.1, 0.15) is 0 Å². The van der Waals surface area contributed by atoms with E-state index in [4.69, 9.17) is 9.72 Å². The Kier molecular flexibility index (Phi) is 4.39. The van der Waals surface area contributed by atoms with E-state index in [0.29, 0.717) is 5.82 Å². The lowest BCUT2D eigenvalue weighted by Crippen LogP contribution is -1.95. The molecular formula is C24H18N4O. The Morgan fingerprint density at radius 3 is 2.34 bits per heavy atom. The quantitative estimate of drug-likeness (QED) is 0.384. The van der Waals surface area contributed by atoms with Crippen molar-refractivity contribution in [1.82, 2.24) is 15.0 Å². The number of aromatic nitrogens is 3. The van der Waals surface area contributed by atoms with E-state index in [1.165, 1.54) is 0 Å². The van der Waals surface area contributed by atoms with Gasteiger partial charge in [-0.2, -0.15) is 0 Å². The van der Waals surface area contributed by atoms with Gasteiger partial charge in [0.15, 0.2) is 5.82 Å². The van der Waals surface area contributed by atoms with Crippen LogP contribution in [0, 0.1) is 0 Å². The van der Waals surface area contributed by atoms with E-state index >= 15 is 0 Å². The molecule has 2 aromatic heterocycles. The zero-order chi connectivity index (χ0) is 19.5. The van der Waals surface area contributed by atoms with Crippen LogP contribution in [0.4, 0.5) is 11.5 Å². The summed E-state index contributed by atoms with van der Waals surface area (Å²) < 4.78 is 5.92. The molecule has 5 nitrogen and oxygen atoms in total. The number of H-pyrrole nitrogens is 1. The van der Waals surface area contributed by atoms with Crippen LogP contribution >= 0.6 is 0 Å². The summed E-state index contributed by atoms with van der Waals surface area (Å²) in [6, 6.07) is 29.5. The van der Waals surface area contributed by atoms with Crippen LogP contribution in [0.2, 0.25) is 0 Å². The van der Waals surface area contributed by atoms with E-state index in [2.05, 4.69) is 15.3 Å². The van der Waals surface area contributed by atoms with Gasteiger partial charge in [0.1, 0.15) is 22.8 Å². The standard InChI is InChI=1S/C24H18N4O/c1-3-8-17(9-4-1)23-27-21-14-15-25-24(22(21)28-23)26-18-10-7-13-20(16-18)29-19-11-5-2-6-12-19/h1-16H,(H,25,26)(H,27,28). The van der Waals surface area contributed by atoms with Gasteiger partial charge in [-0.1, -0.05) is 54.6 Å². The Labute approximate surface area is 168 Å². The Hall–Kier alpha value is -4.12. The summed E-state index contributed by atoms with van der Waals surface area (Å²) in [6.07, 6.45) is 1.77. The molecule has 0 aliphatic carbocycles. The molecular weight excluding hydrogens is 360 g/mol. The second-order valence-electron chi connectivity index (χ2n) is 6.58. The molecule has 0 radical (unpaired) electrons. The fourth-order valence-corrected chi connectivity index (χ4v) is 3.16. The Balaban J connectivity index is 1.45. The summed E-state index contributed by atoms with van der Waals surface area (Å²) in [5, 5.41) is 3.36. The van der Waals surface area contributed by atoms with Gasteiger partial charge in [-0.05, 0) is 30.3 Å². The van der Waals surface area contributed by atoms with Crippen LogP contribution < -0.4 is 10.1 Å². The van der Waals surface area contributed by atoms with E-state index < -0.39 is 0 Å². The van der Waals surface area contributed by atoms with Crippen LogP contribution in [0.15, 0.2) is 97.2 Å². The number of benzene rings is 3. The fraction of sp³-hybridized carbons (Fsp3) is 0. The molecule has 0 spiro atoms. The number of para-hydroxylation sites is 1. The van der Waals surface area contributed by atoms with Crippen molar-refractivity contribution in [1.29, 1.82) is 0 Å². The van der Waals surface area contributed by atoms with Crippen LogP contribution in [0.3, 0.4) is 0 Å². The van der Waals surface area contributed by atoms with Gasteiger partial charge >= 0.3 is 0 Å². The van der Waals surface area contributed by atoms with Gasteiger partial charge in [0.2, 0.25) is 0 Å². The van der Waals surface area contributed by atoms with Crippen molar-refractivity contribution in [2.24, 2.45) is 0 Å². The molecule has 5 heteroatoms. The zero-order valence-electron chi connectivity index (χ0n) is 15.5. The molecule has 140 valence electrons. The summed E-state index contributed by atoms with van der Waals surface area (Å²) in [5.74, 6) is 3.06. The number of ether oxygens (including phenoxy) is 1. The Bertz CT molecular complexity index is 1250. The van der Waals surface area contributed by atoms with Gasteiger partial charge in [-0.3, -0.25) is 0 Å². The van der Waals surface area contributed by atoms with Gasteiger partial charge in [-0.25, -0.2) is 9.97 Å². The molecule has 0 amide bonds. The van der Waals surface area contributed by atoms with Crippen molar-refractivity contribution in [2.45, 2.75) is 0 Å². The van der Waals surface area contributed by atoms with E-state index in [9.17, 15) is 0 Å². The molecule has 0 fully saturated rings. The third-order valence-corrected chi connectivity index (χ3v) is 4.52. The van der Waals surface area contributed by atoms with Gasteiger partial charge < -0.3 is 15.0 Å². The summed E-state index contributed by atoms with van der Waals surface area (Å²) in [4.78, 5) is 12.6. The molecule has 5 aromatic rings. The largest absolute Gasteiger partial charge is 0.457 e. The predicted molar refractivity (Wildman–Crippen MR) is 116 cm³/mol. The summed E-state index contributed by atoms with van der Waals surface area (Å²) in [6.45, 7) is 0. The molecule has 0 saturated carbocycles. The highest BCUT2D eigenvalue weighted by molar-refractivity contribution is 5.90. The molecule has 29 heavy (non-hydrogen) atoms. The van der Waals surface area contributed by atoms with Crippen molar-refractivity contribution in [2.75, 3.05) is 5.32 Å². The molecule has 0 aliphatic rings. The van der Waals surface area contributed by atoms with E-state index in [0.717, 1.165) is 39.6 Å². The van der Waals surface area contributed by atoms with Crippen LogP contribution in [-0.4, -0.2) is 15.0 Å². The highest BCUT2D eigenvalue weighted by Gasteiger charge is 2.10. The summed E-state index contributed by atoms with van der Waals surface area (Å²) >= 11 is 0. The number of rotatable bonds is 5. The average Bonchev–Trinajstić information content (AvgIpc) is 3.21. The molecule has 3 aromatic carbocycles. The van der Waals surface area contributed by atoms with Crippen LogP contribution in [0.25, 0.3) is 22.4 Å². The lowest BCUT2D eigenvalue weighted by atomic mass is 10.2. The second-order valence-corrected chi connectivity index (χ2v) is 6.58. The SMILES string of the molecule is c1ccc(Oc2cccc(Nc3nccc4[nH]c(-c5ccccc5)nc34)c2)cc1. The van der Waals surface area contributed by atoms with E-state index in [1.54, 1.807) is 6.20 Å². The van der Waals surface area contributed by atoms with Gasteiger partial charge in [-0.15, -0.1) is 0 Å². The number of fused-ring (bicyclic) bond motifs is 1. The lowest BCUT2D eigenvalue weighted by molar-refractivity contribution is 0.483. The lowest BCUT2D eigenvalue weighted by Gasteiger charge is -2.09. The van der Waals surface area contributed by atoms with Crippen LogP contribution in [0.5, 0.6) is 11.5 Å². The monoisotopic (exact) mass is 378 g/mol. The first-order valence-corrected chi connectivity index (χ1v) is 9.35. The molecule has 2 N–H and O–H groups in total. The smallest absolute Gasteiger partial charge is 0.158 e.